The van der Waals surface area contributed by atoms with Crippen LogP contribution in [-0.4, -0.2) is 4.98 Å². The van der Waals surface area contributed by atoms with Crippen molar-refractivity contribution in [1.82, 2.24) is 4.98 Å². The van der Waals surface area contributed by atoms with Crippen molar-refractivity contribution in [1.29, 1.82) is 0 Å². The molecule has 2 N–H and O–H groups in total. The van der Waals surface area contributed by atoms with Crippen molar-refractivity contribution in [3.63, 3.8) is 0 Å². The van der Waals surface area contributed by atoms with Crippen LogP contribution in [0, 0.1) is 0 Å². The molecule has 0 spiro atoms. The highest BCUT2D eigenvalue weighted by Gasteiger charge is 2.13. The Morgan fingerprint density at radius 2 is 1.83 bits per heavy atom. The largest absolute Gasteiger partial charge is 0.375 e. The number of nitrogens with zero attached hydrogens (tertiary/aromatic N) is 1. The van der Waals surface area contributed by atoms with Crippen molar-refractivity contribution in [2.75, 3.05) is 5.73 Å². The number of nitrogen functional groups attached to an aromatic ring is 1. The van der Waals surface area contributed by atoms with Gasteiger partial charge in [-0.1, -0.05) is 56.4 Å². The molecule has 0 unspecified atom stereocenters. The molecule has 0 radical (unpaired) electrons. The monoisotopic (exact) mass is 324 g/mol. The molecule has 0 bridgehead atoms. The van der Waals surface area contributed by atoms with E-state index in [1.165, 1.54) is 22.5 Å². The van der Waals surface area contributed by atoms with E-state index >= 15 is 0 Å². The third kappa shape index (κ3) is 3.12. The third-order valence-corrected chi connectivity index (χ3v) is 4.52. The first kappa shape index (κ1) is 13.6. The minimum absolute atomic E-state index is 0.199. The number of aromatic nitrogens is 1. The lowest BCUT2D eigenvalue weighted by Crippen LogP contribution is -2.10. The van der Waals surface area contributed by atoms with E-state index in [0.717, 1.165) is 15.9 Å². The smallest absolute Gasteiger partial charge is 0.181 e. The number of hydrogen-bond donors (Lipinski definition) is 1. The van der Waals surface area contributed by atoms with Gasteiger partial charge < -0.3 is 5.73 Å². The van der Waals surface area contributed by atoms with Gasteiger partial charge in [0.1, 0.15) is 0 Å². The van der Waals surface area contributed by atoms with Crippen LogP contribution in [0.3, 0.4) is 0 Å². The molecule has 4 heteroatoms. The van der Waals surface area contributed by atoms with Crippen molar-refractivity contribution in [3.8, 4) is 0 Å². The summed E-state index contributed by atoms with van der Waals surface area (Å²) in [4.78, 5) is 4.33. The summed E-state index contributed by atoms with van der Waals surface area (Å²) in [6.07, 6.45) is 0.818. The van der Waals surface area contributed by atoms with Gasteiger partial charge in [0.05, 0.1) is 9.48 Å². The number of benzene rings is 1. The number of anilines is 1. The number of rotatable bonds is 2. The summed E-state index contributed by atoms with van der Waals surface area (Å²) < 4.78 is 1.03. The van der Waals surface area contributed by atoms with E-state index in [2.05, 4.69) is 66.0 Å². The molecule has 2 rings (SSSR count). The lowest BCUT2D eigenvalue weighted by molar-refractivity contribution is 0.590. The number of thiazole rings is 1. The molecule has 0 aliphatic rings. The maximum atomic E-state index is 5.69. The molecule has 1 heterocycles. The number of nitrogens with two attached hydrogens (primary N) is 1. The van der Waals surface area contributed by atoms with Gasteiger partial charge in [-0.2, -0.15) is 0 Å². The van der Waals surface area contributed by atoms with Crippen molar-refractivity contribution in [2.24, 2.45) is 0 Å². The Morgan fingerprint density at radius 1 is 1.22 bits per heavy atom. The molecule has 0 amide bonds. The molecule has 0 saturated carbocycles. The lowest BCUT2D eigenvalue weighted by atomic mass is 9.86. The fourth-order valence-electron chi connectivity index (χ4n) is 1.78. The van der Waals surface area contributed by atoms with Crippen LogP contribution in [-0.2, 0) is 11.8 Å². The standard InChI is InChI=1S/C14H17BrN2S/c1-14(2,3)10-6-4-9(5-7-10)8-11-12(15)18-13(16)17-11/h4-7H,8H2,1-3H3,(H2,16,17). The lowest BCUT2D eigenvalue weighted by Gasteiger charge is -2.19. The van der Waals surface area contributed by atoms with Crippen LogP contribution < -0.4 is 5.73 Å². The van der Waals surface area contributed by atoms with Gasteiger partial charge >= 0.3 is 0 Å². The van der Waals surface area contributed by atoms with Crippen LogP contribution in [0.15, 0.2) is 28.1 Å². The van der Waals surface area contributed by atoms with Gasteiger partial charge in [0.2, 0.25) is 0 Å². The third-order valence-electron chi connectivity index (χ3n) is 2.86. The fraction of sp³-hybridized carbons (Fsp3) is 0.357. The van der Waals surface area contributed by atoms with E-state index in [-0.39, 0.29) is 5.41 Å². The van der Waals surface area contributed by atoms with Crippen molar-refractivity contribution < 1.29 is 0 Å². The Kier molecular flexibility index (Phi) is 3.78. The molecule has 0 atom stereocenters. The normalized spacial score (nSPS) is 11.8. The zero-order chi connectivity index (χ0) is 13.3. The molecule has 2 aromatic rings. The SMILES string of the molecule is CC(C)(C)c1ccc(Cc2nc(N)sc2Br)cc1. The zero-order valence-corrected chi connectivity index (χ0v) is 13.2. The van der Waals surface area contributed by atoms with Crippen LogP contribution in [0.2, 0.25) is 0 Å². The molecule has 0 aliphatic heterocycles. The van der Waals surface area contributed by atoms with Gasteiger partial charge in [-0.25, -0.2) is 4.98 Å². The van der Waals surface area contributed by atoms with E-state index < -0.39 is 0 Å². The summed E-state index contributed by atoms with van der Waals surface area (Å²) in [6.45, 7) is 6.67. The van der Waals surface area contributed by atoms with Crippen molar-refractivity contribution in [3.05, 3.63) is 44.9 Å². The average Bonchev–Trinajstić information content (AvgIpc) is 2.57. The Hall–Kier alpha value is -0.870. The van der Waals surface area contributed by atoms with E-state index in [1.54, 1.807) is 0 Å². The first-order chi connectivity index (χ1) is 8.36. The predicted octanol–water partition coefficient (Wildman–Crippen LogP) is 4.38. The molecular weight excluding hydrogens is 308 g/mol. The first-order valence-corrected chi connectivity index (χ1v) is 7.47. The van der Waals surface area contributed by atoms with Crippen LogP contribution in [0.4, 0.5) is 5.13 Å². The van der Waals surface area contributed by atoms with Gasteiger partial charge in [0.25, 0.3) is 0 Å². The summed E-state index contributed by atoms with van der Waals surface area (Å²) in [5.41, 5.74) is 9.51. The Labute approximate surface area is 120 Å². The Balaban J connectivity index is 2.18. The molecular formula is C14H17BrN2S. The second kappa shape index (κ2) is 5.02. The summed E-state index contributed by atoms with van der Waals surface area (Å²) in [5.74, 6) is 0. The van der Waals surface area contributed by atoms with E-state index in [1.807, 2.05) is 0 Å². The van der Waals surface area contributed by atoms with Gasteiger partial charge in [-0.3, -0.25) is 0 Å². The zero-order valence-electron chi connectivity index (χ0n) is 10.8. The molecule has 1 aromatic carbocycles. The molecule has 0 fully saturated rings. The summed E-state index contributed by atoms with van der Waals surface area (Å²) in [5, 5.41) is 0.614. The highest BCUT2D eigenvalue weighted by molar-refractivity contribution is 9.11. The Morgan fingerprint density at radius 3 is 2.28 bits per heavy atom. The van der Waals surface area contributed by atoms with Gasteiger partial charge in [0.15, 0.2) is 5.13 Å². The maximum absolute atomic E-state index is 5.69. The van der Waals surface area contributed by atoms with Gasteiger partial charge in [-0.05, 0) is 32.5 Å². The van der Waals surface area contributed by atoms with E-state index in [4.69, 9.17) is 5.73 Å². The maximum Gasteiger partial charge on any atom is 0.181 e. The molecule has 96 valence electrons. The first-order valence-electron chi connectivity index (χ1n) is 5.86. The van der Waals surface area contributed by atoms with Crippen LogP contribution >= 0.6 is 27.3 Å². The second-order valence-electron chi connectivity index (χ2n) is 5.40. The topological polar surface area (TPSA) is 38.9 Å². The summed E-state index contributed by atoms with van der Waals surface area (Å²) in [7, 11) is 0. The highest BCUT2D eigenvalue weighted by atomic mass is 79.9. The quantitative estimate of drug-likeness (QED) is 0.890. The van der Waals surface area contributed by atoms with Crippen LogP contribution in [0.1, 0.15) is 37.6 Å². The molecule has 0 aliphatic carbocycles. The molecule has 18 heavy (non-hydrogen) atoms. The minimum Gasteiger partial charge on any atom is -0.375 e. The van der Waals surface area contributed by atoms with E-state index in [9.17, 15) is 0 Å². The summed E-state index contributed by atoms with van der Waals surface area (Å²) in [6, 6.07) is 8.73. The van der Waals surface area contributed by atoms with Crippen LogP contribution in [0.25, 0.3) is 0 Å². The molecule has 2 nitrogen and oxygen atoms in total. The minimum atomic E-state index is 0.199. The van der Waals surface area contributed by atoms with E-state index in [0.29, 0.717) is 5.13 Å². The predicted molar refractivity (Wildman–Crippen MR) is 82.2 cm³/mol. The molecule has 1 aromatic heterocycles. The van der Waals surface area contributed by atoms with Gasteiger partial charge in [-0.15, -0.1) is 0 Å². The molecule has 0 saturated heterocycles. The number of hydrogen-bond acceptors (Lipinski definition) is 3. The summed E-state index contributed by atoms with van der Waals surface area (Å²) >= 11 is 4.98. The second-order valence-corrected chi connectivity index (χ2v) is 7.74. The highest BCUT2D eigenvalue weighted by Crippen LogP contribution is 2.29. The van der Waals surface area contributed by atoms with Crippen molar-refractivity contribution >= 4 is 32.4 Å². The van der Waals surface area contributed by atoms with Crippen molar-refractivity contribution in [2.45, 2.75) is 32.6 Å². The Bertz CT molecular complexity index is 538. The fourth-order valence-corrected chi connectivity index (χ4v) is 3.08. The van der Waals surface area contributed by atoms with Gasteiger partial charge in [0, 0.05) is 6.42 Å². The van der Waals surface area contributed by atoms with Crippen LogP contribution in [0.5, 0.6) is 0 Å². The average molecular weight is 325 g/mol. The number of halogens is 1.